The first-order valence-corrected chi connectivity index (χ1v) is 8.53. The molecule has 1 fully saturated rings. The van der Waals surface area contributed by atoms with Crippen LogP contribution in [0.5, 0.6) is 0 Å². The van der Waals surface area contributed by atoms with E-state index in [9.17, 15) is 5.11 Å². The minimum absolute atomic E-state index is 0.337. The van der Waals surface area contributed by atoms with E-state index >= 15 is 0 Å². The van der Waals surface area contributed by atoms with Gasteiger partial charge in [-0.25, -0.2) is 0 Å². The molecule has 0 spiro atoms. The van der Waals surface area contributed by atoms with E-state index in [4.69, 9.17) is 0 Å². The summed E-state index contributed by atoms with van der Waals surface area (Å²) in [6.45, 7) is 7.82. The molecule has 0 bridgehead atoms. The van der Waals surface area contributed by atoms with Crippen LogP contribution in [0.1, 0.15) is 42.5 Å². The smallest absolute Gasteiger partial charge is 0.0843 e. The van der Waals surface area contributed by atoms with Crippen LogP contribution < -0.4 is 5.32 Å². The van der Waals surface area contributed by atoms with Crippen LogP contribution in [-0.4, -0.2) is 28.4 Å². The molecule has 1 aliphatic rings. The van der Waals surface area contributed by atoms with E-state index in [2.05, 4.69) is 48.9 Å². The fourth-order valence-electron chi connectivity index (χ4n) is 3.71. The van der Waals surface area contributed by atoms with Crippen LogP contribution in [-0.2, 0) is 6.54 Å². The summed E-state index contributed by atoms with van der Waals surface area (Å²) in [5.74, 6) is 0. The molecule has 3 heteroatoms. The molecule has 1 heterocycles. The molecule has 1 aromatic heterocycles. The Balaban J connectivity index is 1.73. The van der Waals surface area contributed by atoms with Crippen molar-refractivity contribution in [3.8, 4) is 0 Å². The predicted molar refractivity (Wildman–Crippen MR) is 92.4 cm³/mol. The van der Waals surface area contributed by atoms with Crippen LogP contribution in [0, 0.1) is 20.8 Å². The highest BCUT2D eigenvalue weighted by molar-refractivity contribution is 5.85. The summed E-state index contributed by atoms with van der Waals surface area (Å²) < 4.78 is 2.27. The Bertz CT molecular complexity index is 653. The number of nitrogens with zero attached hydrogens (tertiary/aromatic N) is 1. The van der Waals surface area contributed by atoms with Gasteiger partial charge in [-0.05, 0) is 51.3 Å². The standard InChI is InChI=1S/C19H28N2O/c1-13-8-9-19-18(10-13)14(2)15(3)21(19)12-17(22)11-20-16-6-4-5-7-16/h8-10,16-17,20,22H,4-7,11-12H2,1-3H3. The number of hydrogen-bond acceptors (Lipinski definition) is 2. The van der Waals surface area contributed by atoms with Crippen LogP contribution in [0.15, 0.2) is 18.2 Å². The second-order valence-electron chi connectivity index (χ2n) is 6.89. The summed E-state index contributed by atoms with van der Waals surface area (Å²) in [6.07, 6.45) is 4.84. The van der Waals surface area contributed by atoms with Crippen molar-refractivity contribution in [1.29, 1.82) is 0 Å². The van der Waals surface area contributed by atoms with Gasteiger partial charge in [0.1, 0.15) is 0 Å². The molecule has 0 aliphatic heterocycles. The quantitative estimate of drug-likeness (QED) is 0.887. The third-order valence-corrected chi connectivity index (χ3v) is 5.19. The molecule has 1 atom stereocenters. The first kappa shape index (κ1) is 15.6. The topological polar surface area (TPSA) is 37.2 Å². The number of aliphatic hydroxyl groups excluding tert-OH is 1. The third kappa shape index (κ3) is 3.06. The molecule has 1 aromatic carbocycles. The Hall–Kier alpha value is -1.32. The van der Waals surface area contributed by atoms with Gasteiger partial charge in [-0.15, -0.1) is 0 Å². The number of aryl methyl sites for hydroxylation is 2. The van der Waals surface area contributed by atoms with Crippen LogP contribution in [0.25, 0.3) is 10.9 Å². The lowest BCUT2D eigenvalue weighted by molar-refractivity contribution is 0.148. The Morgan fingerprint density at radius 3 is 2.68 bits per heavy atom. The van der Waals surface area contributed by atoms with Crippen LogP contribution in [0.4, 0.5) is 0 Å². The molecule has 2 aromatic rings. The highest BCUT2D eigenvalue weighted by Crippen LogP contribution is 2.26. The summed E-state index contributed by atoms with van der Waals surface area (Å²) in [4.78, 5) is 0. The average Bonchev–Trinajstić information content (AvgIpc) is 3.09. The van der Waals surface area contributed by atoms with Gasteiger partial charge in [-0.3, -0.25) is 0 Å². The maximum Gasteiger partial charge on any atom is 0.0843 e. The van der Waals surface area contributed by atoms with Gasteiger partial charge in [0, 0.05) is 29.2 Å². The molecule has 0 amide bonds. The van der Waals surface area contributed by atoms with Crippen molar-refractivity contribution < 1.29 is 5.11 Å². The Kier molecular flexibility index (Phi) is 4.55. The second kappa shape index (κ2) is 6.43. The molecular weight excluding hydrogens is 272 g/mol. The summed E-state index contributed by atoms with van der Waals surface area (Å²) in [7, 11) is 0. The van der Waals surface area contributed by atoms with E-state index in [1.165, 1.54) is 53.4 Å². The van der Waals surface area contributed by atoms with Gasteiger partial charge in [0.05, 0.1) is 12.6 Å². The zero-order chi connectivity index (χ0) is 15.7. The number of nitrogens with one attached hydrogen (secondary N) is 1. The average molecular weight is 300 g/mol. The van der Waals surface area contributed by atoms with Gasteiger partial charge in [-0.1, -0.05) is 24.5 Å². The lowest BCUT2D eigenvalue weighted by Crippen LogP contribution is -2.36. The molecule has 1 saturated carbocycles. The second-order valence-corrected chi connectivity index (χ2v) is 6.89. The zero-order valence-electron chi connectivity index (χ0n) is 14.0. The van der Waals surface area contributed by atoms with E-state index in [1.54, 1.807) is 0 Å². The van der Waals surface area contributed by atoms with E-state index in [0.29, 0.717) is 19.1 Å². The molecule has 0 radical (unpaired) electrons. The van der Waals surface area contributed by atoms with Crippen molar-refractivity contribution in [2.75, 3.05) is 6.54 Å². The van der Waals surface area contributed by atoms with Gasteiger partial charge < -0.3 is 15.0 Å². The number of fused-ring (bicyclic) bond motifs is 1. The fraction of sp³-hybridized carbons (Fsp3) is 0.579. The van der Waals surface area contributed by atoms with Gasteiger partial charge in [0.2, 0.25) is 0 Å². The normalized spacial score (nSPS) is 17.5. The van der Waals surface area contributed by atoms with Crippen LogP contribution in [0.3, 0.4) is 0 Å². The SMILES string of the molecule is Cc1ccc2c(c1)c(C)c(C)n2CC(O)CNC1CCCC1. The van der Waals surface area contributed by atoms with E-state index in [-0.39, 0.29) is 6.10 Å². The maximum atomic E-state index is 10.4. The summed E-state index contributed by atoms with van der Waals surface area (Å²) >= 11 is 0. The molecule has 0 saturated heterocycles. The highest BCUT2D eigenvalue weighted by atomic mass is 16.3. The summed E-state index contributed by atoms with van der Waals surface area (Å²) in [5, 5.41) is 15.3. The number of rotatable bonds is 5. The van der Waals surface area contributed by atoms with E-state index < -0.39 is 0 Å². The third-order valence-electron chi connectivity index (χ3n) is 5.19. The van der Waals surface area contributed by atoms with Crippen molar-refractivity contribution in [2.24, 2.45) is 0 Å². The molecule has 1 unspecified atom stereocenters. The van der Waals surface area contributed by atoms with Gasteiger partial charge in [0.15, 0.2) is 0 Å². The molecule has 2 N–H and O–H groups in total. The van der Waals surface area contributed by atoms with Crippen LogP contribution in [0.2, 0.25) is 0 Å². The first-order chi connectivity index (χ1) is 10.6. The van der Waals surface area contributed by atoms with E-state index in [1.807, 2.05) is 0 Å². The molecule has 3 rings (SSSR count). The van der Waals surface area contributed by atoms with Crippen molar-refractivity contribution in [3.63, 3.8) is 0 Å². The zero-order valence-corrected chi connectivity index (χ0v) is 14.0. The molecular formula is C19H28N2O. The van der Waals surface area contributed by atoms with Crippen molar-refractivity contribution >= 4 is 10.9 Å². The van der Waals surface area contributed by atoms with Crippen LogP contribution >= 0.6 is 0 Å². The highest BCUT2D eigenvalue weighted by Gasteiger charge is 2.17. The lowest BCUT2D eigenvalue weighted by Gasteiger charge is -2.18. The summed E-state index contributed by atoms with van der Waals surface area (Å²) in [6, 6.07) is 7.20. The fourth-order valence-corrected chi connectivity index (χ4v) is 3.71. The predicted octanol–water partition coefficient (Wildman–Crippen LogP) is 3.46. The van der Waals surface area contributed by atoms with Crippen molar-refractivity contribution in [3.05, 3.63) is 35.0 Å². The lowest BCUT2D eigenvalue weighted by atomic mass is 10.1. The van der Waals surface area contributed by atoms with Gasteiger partial charge in [0.25, 0.3) is 0 Å². The molecule has 1 aliphatic carbocycles. The number of aliphatic hydroxyl groups is 1. The van der Waals surface area contributed by atoms with E-state index in [0.717, 1.165) is 0 Å². The molecule has 120 valence electrons. The largest absolute Gasteiger partial charge is 0.390 e. The van der Waals surface area contributed by atoms with Gasteiger partial charge >= 0.3 is 0 Å². The Morgan fingerprint density at radius 2 is 1.95 bits per heavy atom. The van der Waals surface area contributed by atoms with Crippen molar-refractivity contribution in [2.45, 2.75) is 65.1 Å². The monoisotopic (exact) mass is 300 g/mol. The first-order valence-electron chi connectivity index (χ1n) is 8.53. The maximum absolute atomic E-state index is 10.4. The number of hydrogen-bond donors (Lipinski definition) is 2. The van der Waals surface area contributed by atoms with Crippen molar-refractivity contribution in [1.82, 2.24) is 9.88 Å². The molecule has 22 heavy (non-hydrogen) atoms. The Labute approximate surface area is 133 Å². The Morgan fingerprint density at radius 1 is 1.23 bits per heavy atom. The minimum Gasteiger partial charge on any atom is -0.390 e. The van der Waals surface area contributed by atoms with Gasteiger partial charge in [-0.2, -0.15) is 0 Å². The number of benzene rings is 1. The minimum atomic E-state index is -0.337. The summed E-state index contributed by atoms with van der Waals surface area (Å²) in [5.41, 5.74) is 5.12. The molecule has 3 nitrogen and oxygen atoms in total. The number of aromatic nitrogens is 1.